The van der Waals surface area contributed by atoms with E-state index in [-0.39, 0.29) is 35.0 Å². The molecule has 1 fully saturated rings. The third kappa shape index (κ3) is 6.28. The number of hydrogen-bond acceptors (Lipinski definition) is 9. The molecule has 1 aromatic heterocycles. The molecule has 2 heterocycles. The van der Waals surface area contributed by atoms with Gasteiger partial charge in [0.25, 0.3) is 0 Å². The van der Waals surface area contributed by atoms with E-state index in [1.165, 1.54) is 18.5 Å². The van der Waals surface area contributed by atoms with Crippen LogP contribution in [-0.4, -0.2) is 40.6 Å². The zero-order chi connectivity index (χ0) is 27.3. The van der Waals surface area contributed by atoms with Crippen LogP contribution in [0.4, 0.5) is 36.2 Å². The van der Waals surface area contributed by atoms with E-state index < -0.39 is 16.7 Å². The minimum absolute atomic E-state index is 0.0103. The fourth-order valence-corrected chi connectivity index (χ4v) is 4.04. The summed E-state index contributed by atoms with van der Waals surface area (Å²) in [6.45, 7) is 2.84. The van der Waals surface area contributed by atoms with Crippen molar-refractivity contribution in [2.24, 2.45) is 5.92 Å². The lowest BCUT2D eigenvalue weighted by Crippen LogP contribution is -2.37. The number of nitro groups is 1. The topological polar surface area (TPSA) is 120 Å². The van der Waals surface area contributed by atoms with Crippen LogP contribution in [0.15, 0.2) is 54.9 Å². The first-order valence-electron chi connectivity index (χ1n) is 11.8. The molecular weight excluding hydrogens is 507 g/mol. The molecular formula is C25H24F3N5O5. The minimum Gasteiger partial charge on any atom is -0.466 e. The second kappa shape index (κ2) is 11.3. The van der Waals surface area contributed by atoms with Gasteiger partial charge in [-0.3, -0.25) is 14.9 Å². The van der Waals surface area contributed by atoms with Crippen molar-refractivity contribution in [3.8, 4) is 11.5 Å². The Morgan fingerprint density at radius 1 is 1.08 bits per heavy atom. The van der Waals surface area contributed by atoms with Gasteiger partial charge in [0.05, 0.1) is 23.0 Å². The number of halogens is 3. The lowest BCUT2D eigenvalue weighted by Gasteiger charge is -2.31. The van der Waals surface area contributed by atoms with Gasteiger partial charge >= 0.3 is 17.8 Å². The zero-order valence-electron chi connectivity index (χ0n) is 20.3. The molecule has 4 rings (SSSR count). The van der Waals surface area contributed by atoms with Crippen LogP contribution in [0, 0.1) is 16.0 Å². The molecule has 0 spiro atoms. The molecule has 2 aromatic carbocycles. The summed E-state index contributed by atoms with van der Waals surface area (Å²) in [5.41, 5.74) is -0.607. The van der Waals surface area contributed by atoms with Crippen molar-refractivity contribution < 1.29 is 32.4 Å². The first-order chi connectivity index (χ1) is 18.2. The summed E-state index contributed by atoms with van der Waals surface area (Å²) < 4.78 is 48.9. The van der Waals surface area contributed by atoms with Gasteiger partial charge in [-0.15, -0.1) is 0 Å². The summed E-state index contributed by atoms with van der Waals surface area (Å²) in [6.07, 6.45) is -2.23. The Morgan fingerprint density at radius 2 is 1.68 bits per heavy atom. The molecule has 10 nitrogen and oxygen atoms in total. The second-order valence-electron chi connectivity index (χ2n) is 8.44. The summed E-state index contributed by atoms with van der Waals surface area (Å²) >= 11 is 0. The maximum atomic E-state index is 12.7. The zero-order valence-corrected chi connectivity index (χ0v) is 20.3. The first-order valence-corrected chi connectivity index (χ1v) is 11.8. The molecule has 1 aliphatic heterocycles. The fourth-order valence-electron chi connectivity index (χ4n) is 4.04. The quantitative estimate of drug-likeness (QED) is 0.221. The molecule has 0 bridgehead atoms. The summed E-state index contributed by atoms with van der Waals surface area (Å²) in [5.74, 6) is 0.200. The third-order valence-corrected chi connectivity index (χ3v) is 5.93. The molecule has 0 saturated carbocycles. The molecule has 1 saturated heterocycles. The molecule has 1 aliphatic rings. The van der Waals surface area contributed by atoms with E-state index in [1.54, 1.807) is 36.1 Å². The highest BCUT2D eigenvalue weighted by Gasteiger charge is 2.32. The van der Waals surface area contributed by atoms with E-state index in [4.69, 9.17) is 9.47 Å². The first kappa shape index (κ1) is 26.6. The highest BCUT2D eigenvalue weighted by Crippen LogP contribution is 2.36. The van der Waals surface area contributed by atoms with Crippen LogP contribution < -0.4 is 15.0 Å². The van der Waals surface area contributed by atoms with Gasteiger partial charge in [-0.1, -0.05) is 0 Å². The molecule has 0 amide bonds. The van der Waals surface area contributed by atoms with Crippen molar-refractivity contribution in [1.29, 1.82) is 0 Å². The maximum Gasteiger partial charge on any atom is 0.416 e. The molecule has 13 heteroatoms. The molecule has 0 unspecified atom stereocenters. The van der Waals surface area contributed by atoms with Gasteiger partial charge in [-0.05, 0) is 68.3 Å². The number of nitrogens with one attached hydrogen (secondary N) is 1. The van der Waals surface area contributed by atoms with E-state index >= 15 is 0 Å². The van der Waals surface area contributed by atoms with Crippen molar-refractivity contribution in [3.63, 3.8) is 0 Å². The number of ether oxygens (including phenoxy) is 2. The van der Waals surface area contributed by atoms with Gasteiger partial charge in [0.15, 0.2) is 0 Å². The van der Waals surface area contributed by atoms with E-state index in [9.17, 15) is 28.1 Å². The van der Waals surface area contributed by atoms with Crippen LogP contribution in [-0.2, 0) is 15.7 Å². The Kier molecular flexibility index (Phi) is 7.93. The monoisotopic (exact) mass is 531 g/mol. The lowest BCUT2D eigenvalue weighted by molar-refractivity contribution is -0.383. The highest BCUT2D eigenvalue weighted by molar-refractivity contribution is 5.76. The predicted octanol–water partition coefficient (Wildman–Crippen LogP) is 5.72. The van der Waals surface area contributed by atoms with Gasteiger partial charge in [-0.25, -0.2) is 9.97 Å². The maximum absolute atomic E-state index is 12.7. The van der Waals surface area contributed by atoms with E-state index in [1.807, 2.05) is 0 Å². The van der Waals surface area contributed by atoms with Crippen molar-refractivity contribution >= 4 is 29.0 Å². The molecule has 200 valence electrons. The average Bonchev–Trinajstić information content (AvgIpc) is 2.89. The number of anilines is 3. The van der Waals surface area contributed by atoms with Gasteiger partial charge in [-0.2, -0.15) is 13.2 Å². The Balaban J connectivity index is 1.45. The van der Waals surface area contributed by atoms with Crippen LogP contribution >= 0.6 is 0 Å². The smallest absolute Gasteiger partial charge is 0.416 e. The largest absolute Gasteiger partial charge is 0.466 e. The van der Waals surface area contributed by atoms with E-state index in [0.29, 0.717) is 44.0 Å². The standard InChI is InChI=1S/C25H24F3N5O5/c1-2-37-24(34)16-11-13-32(14-12-16)23-21(33(35)36)22(29-15-30-23)31-18-5-9-20(10-6-18)38-19-7-3-17(4-8-19)25(26,27)28/h3-10,15-16H,2,11-14H2,1H3,(H,29,30,31). The van der Waals surface area contributed by atoms with Gasteiger partial charge < -0.3 is 19.7 Å². The van der Waals surface area contributed by atoms with Crippen LogP contribution in [0.25, 0.3) is 0 Å². The average molecular weight is 531 g/mol. The number of alkyl halides is 3. The number of aromatic nitrogens is 2. The summed E-state index contributed by atoms with van der Waals surface area (Å²) in [7, 11) is 0. The number of esters is 1. The second-order valence-corrected chi connectivity index (χ2v) is 8.44. The number of rotatable bonds is 8. The molecule has 1 N–H and O–H groups in total. The SMILES string of the molecule is CCOC(=O)C1CCN(c2ncnc(Nc3ccc(Oc4ccc(C(F)(F)F)cc4)cc3)c2[N+](=O)[O-])CC1. The Hall–Kier alpha value is -4.42. The summed E-state index contributed by atoms with van der Waals surface area (Å²) in [4.78, 5) is 33.4. The summed E-state index contributed by atoms with van der Waals surface area (Å²) in [6, 6.07) is 10.6. The number of nitrogens with zero attached hydrogens (tertiary/aromatic N) is 4. The van der Waals surface area contributed by atoms with E-state index in [2.05, 4.69) is 15.3 Å². The predicted molar refractivity (Wildman–Crippen MR) is 131 cm³/mol. The normalized spacial score (nSPS) is 14.2. The number of benzene rings is 2. The molecule has 0 radical (unpaired) electrons. The Labute approximate surface area is 215 Å². The fraction of sp³-hybridized carbons (Fsp3) is 0.320. The number of carbonyl (C=O) groups excluding carboxylic acids is 1. The minimum atomic E-state index is -4.44. The molecule has 0 atom stereocenters. The van der Waals surface area contributed by atoms with Gasteiger partial charge in [0, 0.05) is 18.8 Å². The number of carbonyl (C=O) groups is 1. The van der Waals surface area contributed by atoms with Crippen LogP contribution in [0.3, 0.4) is 0 Å². The van der Waals surface area contributed by atoms with Gasteiger partial charge in [0.2, 0.25) is 11.6 Å². The molecule has 38 heavy (non-hydrogen) atoms. The van der Waals surface area contributed by atoms with Crippen LogP contribution in [0.5, 0.6) is 11.5 Å². The van der Waals surface area contributed by atoms with E-state index in [0.717, 1.165) is 12.1 Å². The highest BCUT2D eigenvalue weighted by atomic mass is 19.4. The molecule has 0 aliphatic carbocycles. The number of piperidine rings is 1. The Morgan fingerprint density at radius 3 is 2.24 bits per heavy atom. The summed E-state index contributed by atoms with van der Waals surface area (Å²) in [5, 5.41) is 14.9. The third-order valence-electron chi connectivity index (χ3n) is 5.93. The lowest BCUT2D eigenvalue weighted by atomic mass is 9.97. The van der Waals surface area contributed by atoms with Crippen molar-refractivity contribution in [1.82, 2.24) is 9.97 Å². The molecule has 3 aromatic rings. The van der Waals surface area contributed by atoms with Crippen LogP contribution in [0.2, 0.25) is 0 Å². The number of hydrogen-bond donors (Lipinski definition) is 1. The van der Waals surface area contributed by atoms with Crippen molar-refractivity contribution in [2.45, 2.75) is 25.9 Å². The van der Waals surface area contributed by atoms with Crippen molar-refractivity contribution in [2.75, 3.05) is 29.9 Å². The van der Waals surface area contributed by atoms with Gasteiger partial charge in [0.1, 0.15) is 17.8 Å². The van der Waals surface area contributed by atoms with Crippen LogP contribution in [0.1, 0.15) is 25.3 Å². The van der Waals surface area contributed by atoms with Crippen molar-refractivity contribution in [3.05, 3.63) is 70.5 Å². The Bertz CT molecular complexity index is 1280.